The molecule has 25 heavy (non-hydrogen) atoms. The van der Waals surface area contributed by atoms with Gasteiger partial charge in [-0.15, -0.1) is 0 Å². The molecule has 0 fully saturated rings. The quantitative estimate of drug-likeness (QED) is 0.777. The zero-order valence-electron chi connectivity index (χ0n) is 14.6. The van der Waals surface area contributed by atoms with Gasteiger partial charge >= 0.3 is 0 Å². The minimum atomic E-state index is -0.182. The van der Waals surface area contributed by atoms with Crippen LogP contribution in [-0.4, -0.2) is 22.8 Å². The number of nitrogens with zero attached hydrogens (tertiary/aromatic N) is 2. The minimum Gasteiger partial charge on any atom is -0.497 e. The Balaban J connectivity index is 1.74. The lowest BCUT2D eigenvalue weighted by molar-refractivity contribution is 0.0945. The van der Waals surface area contributed by atoms with E-state index in [1.165, 1.54) is 0 Å². The summed E-state index contributed by atoms with van der Waals surface area (Å²) in [6, 6.07) is 17.3. The van der Waals surface area contributed by atoms with Gasteiger partial charge in [0.2, 0.25) is 0 Å². The molecule has 0 aliphatic rings. The van der Waals surface area contributed by atoms with Crippen LogP contribution in [0.3, 0.4) is 0 Å². The molecule has 0 aliphatic carbocycles. The summed E-state index contributed by atoms with van der Waals surface area (Å²) < 4.78 is 6.92. The van der Waals surface area contributed by atoms with Crippen LogP contribution >= 0.6 is 0 Å². The molecule has 0 spiro atoms. The summed E-state index contributed by atoms with van der Waals surface area (Å²) in [7, 11) is 1.63. The van der Waals surface area contributed by atoms with Crippen molar-refractivity contribution in [3.05, 3.63) is 77.1 Å². The van der Waals surface area contributed by atoms with Crippen molar-refractivity contribution in [3.8, 4) is 11.4 Å². The first-order chi connectivity index (χ1) is 12.1. The number of carbonyl (C=O) groups is 1. The molecule has 1 N–H and O–H groups in total. The Bertz CT molecular complexity index is 882. The van der Waals surface area contributed by atoms with E-state index < -0.39 is 0 Å². The predicted octanol–water partition coefficient (Wildman–Crippen LogP) is 3.43. The fourth-order valence-corrected chi connectivity index (χ4v) is 2.64. The Morgan fingerprint density at radius 1 is 1.12 bits per heavy atom. The van der Waals surface area contributed by atoms with E-state index >= 15 is 0 Å². The maximum absolute atomic E-state index is 12.4. The Kier molecular flexibility index (Phi) is 4.84. The van der Waals surface area contributed by atoms with Crippen molar-refractivity contribution in [2.45, 2.75) is 20.4 Å². The van der Waals surface area contributed by atoms with Gasteiger partial charge in [-0.3, -0.25) is 4.79 Å². The Morgan fingerprint density at radius 2 is 1.84 bits per heavy atom. The second kappa shape index (κ2) is 7.21. The van der Waals surface area contributed by atoms with E-state index in [9.17, 15) is 4.79 Å². The molecular formula is C20H21N3O2. The van der Waals surface area contributed by atoms with E-state index in [2.05, 4.69) is 10.4 Å². The number of methoxy groups -OCH3 is 1. The van der Waals surface area contributed by atoms with Crippen molar-refractivity contribution >= 4 is 5.91 Å². The largest absolute Gasteiger partial charge is 0.497 e. The lowest BCUT2D eigenvalue weighted by atomic mass is 10.1. The molecule has 3 rings (SSSR count). The number of amides is 1. The molecule has 0 bridgehead atoms. The number of rotatable bonds is 5. The van der Waals surface area contributed by atoms with Crippen LogP contribution in [0, 0.1) is 13.8 Å². The standard InChI is InChI=1S/C20H21N3O2/c1-14-6-4-5-7-16(14)13-21-20(24)19-12-15(2)23(22-19)17-8-10-18(25-3)11-9-17/h4-12H,13H2,1-3H3,(H,21,24). The average Bonchev–Trinajstić information content (AvgIpc) is 3.03. The lowest BCUT2D eigenvalue weighted by Gasteiger charge is -2.07. The maximum atomic E-state index is 12.4. The van der Waals surface area contributed by atoms with Crippen LogP contribution in [0.1, 0.15) is 27.3 Å². The number of aromatic nitrogens is 2. The number of benzene rings is 2. The second-order valence-corrected chi connectivity index (χ2v) is 5.89. The number of aryl methyl sites for hydroxylation is 2. The molecule has 5 nitrogen and oxygen atoms in total. The van der Waals surface area contributed by atoms with Gasteiger partial charge < -0.3 is 10.1 Å². The number of nitrogens with one attached hydrogen (secondary N) is 1. The van der Waals surface area contributed by atoms with Crippen molar-refractivity contribution in [3.63, 3.8) is 0 Å². The highest BCUT2D eigenvalue weighted by atomic mass is 16.5. The van der Waals surface area contributed by atoms with Crippen LogP contribution in [0.4, 0.5) is 0 Å². The number of ether oxygens (including phenoxy) is 1. The van der Waals surface area contributed by atoms with Gasteiger partial charge in [0.05, 0.1) is 12.8 Å². The van der Waals surface area contributed by atoms with Crippen LogP contribution in [0.25, 0.3) is 5.69 Å². The van der Waals surface area contributed by atoms with Crippen LogP contribution in [0.5, 0.6) is 5.75 Å². The lowest BCUT2D eigenvalue weighted by Crippen LogP contribution is -2.23. The first-order valence-corrected chi connectivity index (χ1v) is 8.12. The number of hydrogen-bond donors (Lipinski definition) is 1. The van der Waals surface area contributed by atoms with Gasteiger partial charge in [0.25, 0.3) is 5.91 Å². The molecular weight excluding hydrogens is 314 g/mol. The average molecular weight is 335 g/mol. The van der Waals surface area contributed by atoms with Crippen molar-refractivity contribution in [2.75, 3.05) is 7.11 Å². The monoisotopic (exact) mass is 335 g/mol. The van der Waals surface area contributed by atoms with E-state index in [1.807, 2.05) is 62.4 Å². The Labute approximate surface area is 147 Å². The third-order valence-corrected chi connectivity index (χ3v) is 4.14. The highest BCUT2D eigenvalue weighted by Crippen LogP contribution is 2.17. The van der Waals surface area contributed by atoms with Crippen LogP contribution in [0.2, 0.25) is 0 Å². The Hall–Kier alpha value is -3.08. The summed E-state index contributed by atoms with van der Waals surface area (Å²) in [5.74, 6) is 0.600. The second-order valence-electron chi connectivity index (χ2n) is 5.89. The van der Waals surface area contributed by atoms with E-state index in [-0.39, 0.29) is 5.91 Å². The van der Waals surface area contributed by atoms with Gasteiger partial charge in [-0.05, 0) is 55.3 Å². The van der Waals surface area contributed by atoms with Crippen molar-refractivity contribution in [1.29, 1.82) is 0 Å². The van der Waals surface area contributed by atoms with Crippen molar-refractivity contribution in [2.24, 2.45) is 0 Å². The number of hydrogen-bond acceptors (Lipinski definition) is 3. The molecule has 1 aromatic heterocycles. The summed E-state index contributed by atoms with van der Waals surface area (Å²) in [5, 5.41) is 7.37. The molecule has 5 heteroatoms. The molecule has 0 atom stereocenters. The van der Waals surface area contributed by atoms with Crippen molar-refractivity contribution < 1.29 is 9.53 Å². The molecule has 0 saturated heterocycles. The summed E-state index contributed by atoms with van der Waals surface area (Å²) in [6.07, 6.45) is 0. The van der Waals surface area contributed by atoms with Gasteiger partial charge in [-0.1, -0.05) is 24.3 Å². The molecule has 2 aromatic carbocycles. The highest BCUT2D eigenvalue weighted by Gasteiger charge is 2.13. The predicted molar refractivity (Wildman–Crippen MR) is 97.2 cm³/mol. The van der Waals surface area contributed by atoms with Crippen LogP contribution < -0.4 is 10.1 Å². The smallest absolute Gasteiger partial charge is 0.272 e. The van der Waals surface area contributed by atoms with E-state index in [4.69, 9.17) is 4.74 Å². The SMILES string of the molecule is COc1ccc(-n2nc(C(=O)NCc3ccccc3C)cc2C)cc1. The zero-order valence-corrected chi connectivity index (χ0v) is 14.6. The molecule has 0 saturated carbocycles. The van der Waals surface area contributed by atoms with Crippen LogP contribution in [-0.2, 0) is 6.54 Å². The normalized spacial score (nSPS) is 10.5. The molecule has 1 amide bonds. The first-order valence-electron chi connectivity index (χ1n) is 8.12. The van der Waals surface area contributed by atoms with E-state index in [1.54, 1.807) is 17.9 Å². The van der Waals surface area contributed by atoms with Gasteiger partial charge in [0.1, 0.15) is 5.75 Å². The van der Waals surface area contributed by atoms with Gasteiger partial charge in [-0.2, -0.15) is 5.10 Å². The summed E-state index contributed by atoms with van der Waals surface area (Å²) >= 11 is 0. The fraction of sp³-hybridized carbons (Fsp3) is 0.200. The topological polar surface area (TPSA) is 56.2 Å². The zero-order chi connectivity index (χ0) is 17.8. The molecule has 0 radical (unpaired) electrons. The molecule has 0 unspecified atom stereocenters. The maximum Gasteiger partial charge on any atom is 0.272 e. The molecule has 0 aliphatic heterocycles. The summed E-state index contributed by atoms with van der Waals surface area (Å²) in [4.78, 5) is 12.4. The third-order valence-electron chi connectivity index (χ3n) is 4.14. The van der Waals surface area contributed by atoms with E-state index in [0.717, 1.165) is 28.3 Å². The molecule has 3 aromatic rings. The van der Waals surface area contributed by atoms with E-state index in [0.29, 0.717) is 12.2 Å². The third kappa shape index (κ3) is 3.71. The van der Waals surface area contributed by atoms with Gasteiger partial charge in [0, 0.05) is 12.2 Å². The Morgan fingerprint density at radius 3 is 2.52 bits per heavy atom. The van der Waals surface area contributed by atoms with Gasteiger partial charge in [0.15, 0.2) is 5.69 Å². The van der Waals surface area contributed by atoms with Crippen LogP contribution in [0.15, 0.2) is 54.6 Å². The molecule has 128 valence electrons. The fourth-order valence-electron chi connectivity index (χ4n) is 2.64. The summed E-state index contributed by atoms with van der Waals surface area (Å²) in [5.41, 5.74) is 4.44. The minimum absolute atomic E-state index is 0.182. The highest BCUT2D eigenvalue weighted by molar-refractivity contribution is 5.92. The first kappa shape index (κ1) is 16.8. The number of carbonyl (C=O) groups excluding carboxylic acids is 1. The van der Waals surface area contributed by atoms with Gasteiger partial charge in [-0.25, -0.2) is 4.68 Å². The van der Waals surface area contributed by atoms with Crippen molar-refractivity contribution in [1.82, 2.24) is 15.1 Å². The summed E-state index contributed by atoms with van der Waals surface area (Å²) in [6.45, 7) is 4.44. The molecule has 1 heterocycles.